The molecule has 3 aromatic rings. The van der Waals surface area contributed by atoms with Crippen molar-refractivity contribution in [2.45, 2.75) is 32.6 Å². The van der Waals surface area contributed by atoms with Gasteiger partial charge in [0.15, 0.2) is 0 Å². The van der Waals surface area contributed by atoms with Gasteiger partial charge in [0.1, 0.15) is 11.6 Å². The standard InChI is InChI=1S/C28H33N3O5S/c1-20-5-2-6-22(15-20)17-25(34)16-21-7-9-23(10-8-21)26-18-24(19-30-27(26)29)28(35)31-37(36,13-3-11-32)14-4-12-33/h2,5-10,15,18-19,32-33H,3-4,11-14,16-17H2,1H3,(H2,29,30). The van der Waals surface area contributed by atoms with E-state index in [1.165, 1.54) is 6.20 Å². The van der Waals surface area contributed by atoms with Crippen molar-refractivity contribution < 1.29 is 24.0 Å². The van der Waals surface area contributed by atoms with Crippen LogP contribution < -0.4 is 5.73 Å². The number of aliphatic hydroxyl groups excluding tert-OH is 2. The summed E-state index contributed by atoms with van der Waals surface area (Å²) in [5.74, 6) is -0.225. The molecule has 0 saturated carbocycles. The van der Waals surface area contributed by atoms with E-state index >= 15 is 0 Å². The third-order valence-electron chi connectivity index (χ3n) is 5.81. The molecule has 0 aliphatic carbocycles. The monoisotopic (exact) mass is 523 g/mol. The molecule has 1 aromatic heterocycles. The lowest BCUT2D eigenvalue weighted by atomic mass is 9.99. The summed E-state index contributed by atoms with van der Waals surface area (Å²) in [6.45, 7) is 1.67. The molecule has 196 valence electrons. The van der Waals surface area contributed by atoms with E-state index in [-0.39, 0.29) is 54.7 Å². The fourth-order valence-corrected chi connectivity index (χ4v) is 5.90. The zero-order valence-corrected chi connectivity index (χ0v) is 21.7. The van der Waals surface area contributed by atoms with Gasteiger partial charge < -0.3 is 15.9 Å². The van der Waals surface area contributed by atoms with Crippen LogP contribution in [0.1, 0.15) is 39.9 Å². The van der Waals surface area contributed by atoms with Crippen molar-refractivity contribution in [2.75, 3.05) is 30.5 Å². The summed E-state index contributed by atoms with van der Waals surface area (Å²) in [4.78, 5) is 29.5. The molecule has 0 aliphatic rings. The van der Waals surface area contributed by atoms with Crippen LogP contribution in [0.15, 0.2) is 65.2 Å². The number of nitrogens with two attached hydrogens (primary N) is 1. The number of pyridine rings is 1. The second kappa shape index (κ2) is 13.2. The molecule has 8 nitrogen and oxygen atoms in total. The van der Waals surface area contributed by atoms with Gasteiger partial charge in [0.05, 0.1) is 15.3 Å². The fraction of sp³-hybridized carbons (Fsp3) is 0.321. The Kier molecular flexibility index (Phi) is 10.1. The quantitative estimate of drug-likeness (QED) is 0.330. The maximum atomic E-state index is 13.1. The van der Waals surface area contributed by atoms with E-state index in [9.17, 15) is 13.8 Å². The Bertz CT molecular complexity index is 1350. The molecule has 1 amide bonds. The number of aliphatic hydroxyl groups is 2. The summed E-state index contributed by atoms with van der Waals surface area (Å²) in [7, 11) is -2.93. The van der Waals surface area contributed by atoms with Gasteiger partial charge >= 0.3 is 0 Å². The number of anilines is 1. The highest BCUT2D eigenvalue weighted by atomic mass is 32.2. The van der Waals surface area contributed by atoms with Crippen LogP contribution in [0.2, 0.25) is 0 Å². The summed E-state index contributed by atoms with van der Waals surface area (Å²) in [5, 5.41) is 18.2. The SMILES string of the molecule is Cc1cccc(CC(=O)Cc2ccc(-c3cc(C(=O)N=S(=O)(CCCO)CCCO)cnc3N)cc2)c1. The highest BCUT2D eigenvalue weighted by molar-refractivity contribution is 7.93. The molecule has 4 N–H and O–H groups in total. The first kappa shape index (κ1) is 28.2. The molecule has 9 heteroatoms. The molecule has 0 radical (unpaired) electrons. The Labute approximate surface area is 217 Å². The topological polar surface area (TPSA) is 143 Å². The zero-order chi connectivity index (χ0) is 26.8. The van der Waals surface area contributed by atoms with E-state index in [1.54, 1.807) is 6.07 Å². The minimum Gasteiger partial charge on any atom is -0.396 e. The summed E-state index contributed by atoms with van der Waals surface area (Å²) in [6.07, 6.45) is 2.45. The number of Topliss-reactive ketones (excluding diaryl/α,β-unsaturated/α-hetero) is 1. The first-order chi connectivity index (χ1) is 17.7. The highest BCUT2D eigenvalue weighted by Crippen LogP contribution is 2.26. The lowest BCUT2D eigenvalue weighted by Gasteiger charge is -2.10. The highest BCUT2D eigenvalue weighted by Gasteiger charge is 2.16. The molecule has 0 aliphatic heterocycles. The van der Waals surface area contributed by atoms with Crippen molar-refractivity contribution in [3.05, 3.63) is 83.0 Å². The van der Waals surface area contributed by atoms with Crippen molar-refractivity contribution in [3.63, 3.8) is 0 Å². The van der Waals surface area contributed by atoms with Gasteiger partial charge in [0.25, 0.3) is 5.91 Å². The van der Waals surface area contributed by atoms with Crippen LogP contribution in [0.4, 0.5) is 5.82 Å². The molecule has 1 heterocycles. The van der Waals surface area contributed by atoms with Crippen molar-refractivity contribution in [2.24, 2.45) is 4.36 Å². The number of hydrogen-bond acceptors (Lipinski definition) is 7. The number of rotatable bonds is 12. The second-order valence-electron chi connectivity index (χ2n) is 8.97. The molecule has 2 aromatic carbocycles. The number of aromatic nitrogens is 1. The Morgan fingerprint density at radius 3 is 2.22 bits per heavy atom. The molecule has 37 heavy (non-hydrogen) atoms. The van der Waals surface area contributed by atoms with Gasteiger partial charge in [-0.15, -0.1) is 0 Å². The van der Waals surface area contributed by atoms with Crippen LogP contribution in [0.3, 0.4) is 0 Å². The number of ketones is 1. The van der Waals surface area contributed by atoms with Gasteiger partial charge in [-0.05, 0) is 42.5 Å². The van der Waals surface area contributed by atoms with Gasteiger partial charge in [0, 0.05) is 49.3 Å². The van der Waals surface area contributed by atoms with Crippen molar-refractivity contribution in [1.29, 1.82) is 0 Å². The summed E-state index contributed by atoms with van der Waals surface area (Å²) in [5.41, 5.74) is 10.4. The predicted octanol–water partition coefficient (Wildman–Crippen LogP) is 3.37. The summed E-state index contributed by atoms with van der Waals surface area (Å²) >= 11 is 0. The maximum Gasteiger partial charge on any atom is 0.286 e. The maximum absolute atomic E-state index is 13.1. The van der Waals surface area contributed by atoms with Crippen LogP contribution in [0.25, 0.3) is 11.1 Å². The molecular weight excluding hydrogens is 490 g/mol. The van der Waals surface area contributed by atoms with Crippen LogP contribution in [0.5, 0.6) is 0 Å². The van der Waals surface area contributed by atoms with Gasteiger partial charge in [-0.3, -0.25) is 9.59 Å². The Balaban J connectivity index is 1.77. The second-order valence-corrected chi connectivity index (χ2v) is 11.5. The Morgan fingerprint density at radius 1 is 0.946 bits per heavy atom. The number of benzene rings is 2. The number of amides is 1. The number of carbonyl (C=O) groups excluding carboxylic acids is 2. The normalized spacial score (nSPS) is 11.3. The lowest BCUT2D eigenvalue weighted by Crippen LogP contribution is -2.16. The molecule has 0 fully saturated rings. The summed E-state index contributed by atoms with van der Waals surface area (Å²) < 4.78 is 17.0. The lowest BCUT2D eigenvalue weighted by molar-refractivity contribution is -0.117. The average molecular weight is 524 g/mol. The van der Waals surface area contributed by atoms with Crippen LogP contribution >= 0.6 is 0 Å². The van der Waals surface area contributed by atoms with Crippen LogP contribution in [-0.4, -0.2) is 55.8 Å². The zero-order valence-electron chi connectivity index (χ0n) is 20.9. The largest absolute Gasteiger partial charge is 0.396 e. The van der Waals surface area contributed by atoms with Gasteiger partial charge in [0.2, 0.25) is 0 Å². The number of nitrogens with zero attached hydrogens (tertiary/aromatic N) is 2. The third-order valence-corrected chi connectivity index (χ3v) is 8.16. The smallest absolute Gasteiger partial charge is 0.286 e. The van der Waals surface area contributed by atoms with E-state index in [4.69, 9.17) is 15.9 Å². The van der Waals surface area contributed by atoms with Crippen LogP contribution in [-0.2, 0) is 27.4 Å². The van der Waals surface area contributed by atoms with E-state index in [0.717, 1.165) is 22.3 Å². The number of carbonyl (C=O) groups is 2. The van der Waals surface area contributed by atoms with Gasteiger partial charge in [-0.25, -0.2) is 9.19 Å². The van der Waals surface area contributed by atoms with Crippen molar-refractivity contribution in [3.8, 4) is 11.1 Å². The average Bonchev–Trinajstić information content (AvgIpc) is 2.87. The van der Waals surface area contributed by atoms with E-state index in [2.05, 4.69) is 9.35 Å². The van der Waals surface area contributed by atoms with Crippen molar-refractivity contribution in [1.82, 2.24) is 4.98 Å². The summed E-state index contributed by atoms with van der Waals surface area (Å²) in [6, 6.07) is 16.8. The minimum absolute atomic E-state index is 0.0640. The van der Waals surface area contributed by atoms with Gasteiger partial charge in [-0.2, -0.15) is 4.36 Å². The Morgan fingerprint density at radius 2 is 1.59 bits per heavy atom. The van der Waals surface area contributed by atoms with E-state index in [1.807, 2.05) is 55.5 Å². The third kappa shape index (κ3) is 8.31. The number of nitrogen functional groups attached to an aromatic ring is 1. The predicted molar refractivity (Wildman–Crippen MR) is 146 cm³/mol. The minimum atomic E-state index is -2.93. The van der Waals surface area contributed by atoms with Crippen LogP contribution in [0, 0.1) is 6.92 Å². The molecule has 0 atom stereocenters. The number of aryl methyl sites for hydroxylation is 1. The molecule has 0 spiro atoms. The molecule has 0 unspecified atom stereocenters. The molecule has 3 rings (SSSR count). The molecule has 0 saturated heterocycles. The first-order valence-electron chi connectivity index (χ1n) is 12.1. The Hall–Kier alpha value is -3.40. The first-order valence-corrected chi connectivity index (χ1v) is 14.0. The molecular formula is C28H33N3O5S. The number of hydrogen-bond donors (Lipinski definition) is 3. The molecule has 0 bridgehead atoms. The van der Waals surface area contributed by atoms with Crippen molar-refractivity contribution >= 4 is 27.2 Å². The van der Waals surface area contributed by atoms with E-state index < -0.39 is 15.6 Å². The fourth-order valence-electron chi connectivity index (χ4n) is 3.94. The van der Waals surface area contributed by atoms with Gasteiger partial charge in [-0.1, -0.05) is 54.1 Å². The van der Waals surface area contributed by atoms with E-state index in [0.29, 0.717) is 18.4 Å².